The molecule has 0 spiro atoms. The van der Waals surface area contributed by atoms with Crippen molar-refractivity contribution in [2.75, 3.05) is 5.88 Å². The monoisotopic (exact) mass is 268 g/mol. The lowest BCUT2D eigenvalue weighted by molar-refractivity contribution is -0.135. The first-order valence-electron chi connectivity index (χ1n) is 4.15. The number of rotatable bonds is 7. The molecule has 0 aromatic heterocycles. The van der Waals surface area contributed by atoms with Crippen LogP contribution in [-0.2, 0) is 14.8 Å². The van der Waals surface area contributed by atoms with Crippen molar-refractivity contribution in [1.29, 1.82) is 0 Å². The summed E-state index contributed by atoms with van der Waals surface area (Å²) >= 11 is 0. The summed E-state index contributed by atoms with van der Waals surface area (Å²) in [6.45, 7) is 0. The number of carbonyl (C=O) groups is 1. The minimum absolute atomic E-state index is 0.874. The number of hydrogen-bond acceptors (Lipinski definition) is 4. The Labute approximate surface area is 96.5 Å². The van der Waals surface area contributed by atoms with Gasteiger partial charge in [0.05, 0.1) is 0 Å². The van der Waals surface area contributed by atoms with Crippen LogP contribution in [0.3, 0.4) is 0 Å². The highest BCUT2D eigenvalue weighted by atomic mass is 32.2. The van der Waals surface area contributed by atoms with E-state index in [4.69, 9.17) is 5.11 Å². The van der Waals surface area contributed by atoms with Gasteiger partial charge in [0.15, 0.2) is 5.88 Å². The van der Waals surface area contributed by atoms with Crippen LogP contribution in [0.4, 0.5) is 8.96 Å². The quantitative estimate of drug-likeness (QED) is 0.402. The molecular weight excluding hydrogens is 258 g/mol. The van der Waals surface area contributed by atoms with E-state index in [1.807, 2.05) is 0 Å². The van der Waals surface area contributed by atoms with Gasteiger partial charge in [-0.1, -0.05) is 18.2 Å². The molecule has 0 radical (unpaired) electrons. The Kier molecular flexibility index (Phi) is 6.75. The molecule has 0 aliphatic heterocycles. The fourth-order valence-electron chi connectivity index (χ4n) is 0.630. The number of aliphatic carboxylic acids is 1. The molecule has 0 bridgehead atoms. The largest absolute Gasteiger partial charge is 0.478 e. The second-order valence-electron chi connectivity index (χ2n) is 2.61. The Bertz CT molecular complexity index is 429. The molecule has 2 N–H and O–H groups in total. The highest BCUT2D eigenvalue weighted by Gasteiger charge is 2.13. The fraction of sp³-hybridized carbons (Fsp3) is 0.125. The summed E-state index contributed by atoms with van der Waals surface area (Å²) in [4.78, 5) is 10.0. The average molecular weight is 268 g/mol. The van der Waals surface area contributed by atoms with Crippen molar-refractivity contribution in [2.24, 2.45) is 0 Å². The van der Waals surface area contributed by atoms with Crippen molar-refractivity contribution < 1.29 is 27.3 Å². The van der Waals surface area contributed by atoms with Crippen LogP contribution in [0.2, 0.25) is 0 Å². The second kappa shape index (κ2) is 7.52. The lowest BCUT2D eigenvalue weighted by Crippen LogP contribution is -2.26. The molecule has 0 rings (SSSR count). The van der Waals surface area contributed by atoms with Crippen molar-refractivity contribution in [2.45, 2.75) is 0 Å². The van der Waals surface area contributed by atoms with Crippen LogP contribution in [0.15, 0.2) is 36.6 Å². The van der Waals surface area contributed by atoms with Crippen LogP contribution in [0.25, 0.3) is 0 Å². The Morgan fingerprint density at radius 1 is 1.24 bits per heavy atom. The summed E-state index contributed by atoms with van der Waals surface area (Å²) < 4.78 is 46.6. The zero-order chi connectivity index (χ0) is 13.3. The topological polar surface area (TPSA) is 86.7 Å². The molecule has 0 aromatic carbocycles. The third kappa shape index (κ3) is 10.5. The van der Waals surface area contributed by atoms with Gasteiger partial charge in [0.1, 0.15) is 0 Å². The Morgan fingerprint density at radius 3 is 2.35 bits per heavy atom. The molecule has 0 saturated carbocycles. The van der Waals surface area contributed by atoms with E-state index < -0.39 is 27.2 Å². The van der Waals surface area contributed by atoms with E-state index in [2.05, 4.69) is 0 Å². The molecule has 0 unspecified atom stereocenters. The molecule has 0 fully saturated rings. The van der Waals surface area contributed by atoms with Gasteiger partial charge in [-0.25, -0.2) is 13.2 Å². The molecule has 0 amide bonds. The number of nitrogens with zero attached hydrogens (tertiary/aromatic N) is 1. The van der Waals surface area contributed by atoms with Crippen molar-refractivity contribution in [3.05, 3.63) is 36.6 Å². The van der Waals surface area contributed by atoms with Gasteiger partial charge in [0, 0.05) is 17.6 Å². The van der Waals surface area contributed by atoms with Gasteiger partial charge in [-0.3, -0.25) is 4.72 Å². The Balaban J connectivity index is 4.08. The van der Waals surface area contributed by atoms with Crippen molar-refractivity contribution in [1.82, 2.24) is 10.1 Å². The Morgan fingerprint density at radius 2 is 1.82 bits per heavy atom. The summed E-state index contributed by atoms with van der Waals surface area (Å²) in [6.07, 6.45) is 6.89. The standard InChI is InChI=1S/C8H10F2N2O4S/c9-12(10)7-17(15,16)11-6-4-2-1-3-5-8(13)14/h1-6,11H,7H2,(H,13,14)/b2-1+,5-3?,6-4+. The van der Waals surface area contributed by atoms with Gasteiger partial charge < -0.3 is 5.11 Å². The maximum atomic E-state index is 11.6. The van der Waals surface area contributed by atoms with Gasteiger partial charge >= 0.3 is 5.97 Å². The van der Waals surface area contributed by atoms with Crippen LogP contribution in [0, 0.1) is 0 Å². The number of carboxylic acid groups (broad SMARTS) is 1. The number of nitrogens with one attached hydrogen (secondary N) is 1. The summed E-state index contributed by atoms with van der Waals surface area (Å²) in [5.74, 6) is -2.55. The molecule has 0 saturated heterocycles. The summed E-state index contributed by atoms with van der Waals surface area (Å²) in [5, 5.41) is 6.73. The predicted octanol–water partition coefficient (Wildman–Crippen LogP) is 0.645. The minimum atomic E-state index is -4.09. The lowest BCUT2D eigenvalue weighted by atomic mass is 10.4. The molecule has 0 aliphatic rings. The smallest absolute Gasteiger partial charge is 0.328 e. The van der Waals surface area contributed by atoms with Gasteiger partial charge in [-0.15, -0.1) is 8.96 Å². The predicted molar refractivity (Wildman–Crippen MR) is 56.0 cm³/mol. The van der Waals surface area contributed by atoms with Crippen molar-refractivity contribution >= 4 is 16.0 Å². The summed E-state index contributed by atoms with van der Waals surface area (Å²) in [7, 11) is -4.09. The molecule has 0 aromatic rings. The van der Waals surface area contributed by atoms with E-state index in [-0.39, 0.29) is 0 Å². The number of hydrogen-bond donors (Lipinski definition) is 2. The molecule has 6 nitrogen and oxygen atoms in total. The number of allylic oxidation sites excluding steroid dienone is 4. The van der Waals surface area contributed by atoms with E-state index in [1.54, 1.807) is 4.72 Å². The van der Waals surface area contributed by atoms with Crippen molar-refractivity contribution in [3.8, 4) is 0 Å². The van der Waals surface area contributed by atoms with Crippen LogP contribution < -0.4 is 4.72 Å². The van der Waals surface area contributed by atoms with E-state index in [1.165, 1.54) is 24.3 Å². The van der Waals surface area contributed by atoms with Crippen molar-refractivity contribution in [3.63, 3.8) is 0 Å². The minimum Gasteiger partial charge on any atom is -0.478 e. The molecule has 0 atom stereocenters. The number of sulfonamides is 1. The average Bonchev–Trinajstić information content (AvgIpc) is 2.13. The maximum absolute atomic E-state index is 11.6. The molecule has 9 heteroatoms. The summed E-state index contributed by atoms with van der Waals surface area (Å²) in [6, 6.07) is 0. The molecule has 17 heavy (non-hydrogen) atoms. The molecule has 0 aliphatic carbocycles. The van der Waals surface area contributed by atoms with E-state index >= 15 is 0 Å². The number of halogens is 2. The normalized spacial score (nSPS) is 13.1. The van der Waals surface area contributed by atoms with Crippen LogP contribution in [-0.4, -0.2) is 30.7 Å². The van der Waals surface area contributed by atoms with Crippen LogP contribution >= 0.6 is 0 Å². The fourth-order valence-corrected chi connectivity index (χ4v) is 1.25. The highest BCUT2D eigenvalue weighted by molar-refractivity contribution is 7.89. The van der Waals surface area contributed by atoms with Crippen LogP contribution in [0.1, 0.15) is 0 Å². The van der Waals surface area contributed by atoms with Gasteiger partial charge in [0.2, 0.25) is 0 Å². The van der Waals surface area contributed by atoms with E-state index in [0.29, 0.717) is 0 Å². The lowest BCUT2D eigenvalue weighted by Gasteiger charge is -2.02. The molecule has 0 heterocycles. The first kappa shape index (κ1) is 15.3. The second-order valence-corrected chi connectivity index (χ2v) is 4.33. The molecular formula is C8H10F2N2O4S. The zero-order valence-corrected chi connectivity index (χ0v) is 9.27. The Hall–Kier alpha value is -1.74. The summed E-state index contributed by atoms with van der Waals surface area (Å²) in [5.41, 5.74) is 0. The van der Waals surface area contributed by atoms with Crippen LogP contribution in [0.5, 0.6) is 0 Å². The third-order valence-electron chi connectivity index (χ3n) is 1.18. The van der Waals surface area contributed by atoms with E-state index in [9.17, 15) is 22.2 Å². The SMILES string of the molecule is O=C(O)C=C/C=C/C=C/NS(=O)(=O)CN(F)F. The first-order chi connectivity index (χ1) is 7.83. The highest BCUT2D eigenvalue weighted by Crippen LogP contribution is 1.94. The van der Waals surface area contributed by atoms with Gasteiger partial charge in [0.25, 0.3) is 10.0 Å². The van der Waals surface area contributed by atoms with Gasteiger partial charge in [-0.05, 0) is 6.08 Å². The maximum Gasteiger partial charge on any atom is 0.328 e. The van der Waals surface area contributed by atoms with E-state index in [0.717, 1.165) is 12.3 Å². The van der Waals surface area contributed by atoms with Gasteiger partial charge in [-0.2, -0.15) is 0 Å². The zero-order valence-electron chi connectivity index (χ0n) is 8.45. The molecule has 96 valence electrons. The first-order valence-corrected chi connectivity index (χ1v) is 5.80. The third-order valence-corrected chi connectivity index (χ3v) is 2.21. The number of carboxylic acids is 1.